The lowest BCUT2D eigenvalue weighted by Crippen LogP contribution is -2.07. The van der Waals surface area contributed by atoms with E-state index in [1.165, 1.54) is 12.1 Å². The second kappa shape index (κ2) is 7.91. The number of carboxylic acids is 2. The normalized spacial score (nSPS) is 11.3. The second-order valence-electron chi connectivity index (χ2n) is 7.30. The maximum Gasteiger partial charge on any atom is 0.335 e. The molecule has 2 N–H and O–H groups in total. The first-order valence-corrected chi connectivity index (χ1v) is 9.68. The first-order chi connectivity index (χ1) is 14.8. The molecule has 4 aromatic rings. The average molecular weight is 412 g/mol. The number of aliphatic imine (C=N–C) groups is 1. The van der Waals surface area contributed by atoms with E-state index in [1.807, 2.05) is 66.9 Å². The topological polar surface area (TPSA) is 91.9 Å². The molecule has 0 unspecified atom stereocenters. The van der Waals surface area contributed by atoms with Gasteiger partial charge in [-0.25, -0.2) is 9.59 Å². The lowest BCUT2D eigenvalue weighted by Gasteiger charge is -2.12. The van der Waals surface area contributed by atoms with Crippen LogP contribution in [-0.2, 0) is 0 Å². The van der Waals surface area contributed by atoms with Gasteiger partial charge < -0.3 is 14.8 Å². The summed E-state index contributed by atoms with van der Waals surface area (Å²) in [6.07, 6.45) is 1.78. The number of carboxylic acid groups (broad SMARTS) is 2. The minimum atomic E-state index is -1.18. The fraction of sp³-hybridized carbons (Fsp3) is 0.0800. The van der Waals surface area contributed by atoms with Crippen molar-refractivity contribution in [3.8, 4) is 5.69 Å². The van der Waals surface area contributed by atoms with Gasteiger partial charge >= 0.3 is 11.9 Å². The van der Waals surface area contributed by atoms with Crippen LogP contribution >= 0.6 is 0 Å². The van der Waals surface area contributed by atoms with Crippen molar-refractivity contribution in [2.24, 2.45) is 4.99 Å². The molecule has 154 valence electrons. The zero-order valence-electron chi connectivity index (χ0n) is 17.0. The van der Waals surface area contributed by atoms with Gasteiger partial charge in [0.25, 0.3) is 0 Å². The molecule has 0 bridgehead atoms. The second-order valence-corrected chi connectivity index (χ2v) is 7.30. The molecule has 0 amide bonds. The Morgan fingerprint density at radius 1 is 0.871 bits per heavy atom. The molecule has 0 fully saturated rings. The van der Waals surface area contributed by atoms with Gasteiger partial charge in [-0.1, -0.05) is 36.4 Å². The summed E-state index contributed by atoms with van der Waals surface area (Å²) in [5.74, 6) is -2.35. The lowest BCUT2D eigenvalue weighted by molar-refractivity contribution is 0.0696. The summed E-state index contributed by atoms with van der Waals surface area (Å²) >= 11 is 0. The third-order valence-electron chi connectivity index (χ3n) is 5.25. The molecule has 31 heavy (non-hydrogen) atoms. The third-order valence-corrected chi connectivity index (χ3v) is 5.25. The molecule has 3 aromatic carbocycles. The molecule has 6 nitrogen and oxygen atoms in total. The molecule has 0 aliphatic rings. The molecule has 0 atom stereocenters. The van der Waals surface area contributed by atoms with Crippen LogP contribution in [0.25, 0.3) is 16.5 Å². The Hall–Kier alpha value is -4.19. The summed E-state index contributed by atoms with van der Waals surface area (Å²) in [5, 5.41) is 20.9. The van der Waals surface area contributed by atoms with Crippen LogP contribution in [0, 0.1) is 13.8 Å². The molecule has 0 spiro atoms. The Morgan fingerprint density at radius 3 is 2.19 bits per heavy atom. The Morgan fingerprint density at radius 2 is 1.52 bits per heavy atom. The largest absolute Gasteiger partial charge is 0.478 e. The van der Waals surface area contributed by atoms with Crippen LogP contribution in [-0.4, -0.2) is 32.9 Å². The van der Waals surface area contributed by atoms with Crippen molar-refractivity contribution < 1.29 is 19.8 Å². The summed E-state index contributed by atoms with van der Waals surface area (Å²) in [5.41, 5.74) is 3.72. The van der Waals surface area contributed by atoms with Crippen LogP contribution in [0.1, 0.15) is 37.7 Å². The highest BCUT2D eigenvalue weighted by atomic mass is 16.4. The van der Waals surface area contributed by atoms with E-state index in [0.29, 0.717) is 5.69 Å². The molecule has 1 heterocycles. The van der Waals surface area contributed by atoms with E-state index in [-0.39, 0.29) is 11.1 Å². The quantitative estimate of drug-likeness (QED) is 0.430. The summed E-state index contributed by atoms with van der Waals surface area (Å²) < 4.78 is 1.84. The van der Waals surface area contributed by atoms with Crippen molar-refractivity contribution in [2.75, 3.05) is 0 Å². The van der Waals surface area contributed by atoms with E-state index in [1.54, 1.807) is 6.21 Å². The monoisotopic (exact) mass is 412 g/mol. The van der Waals surface area contributed by atoms with E-state index in [2.05, 4.69) is 4.99 Å². The fourth-order valence-electron chi connectivity index (χ4n) is 3.76. The summed E-state index contributed by atoms with van der Waals surface area (Å²) in [6, 6.07) is 20.0. The Kier molecular flexibility index (Phi) is 5.13. The zero-order chi connectivity index (χ0) is 22.1. The predicted octanol–water partition coefficient (Wildman–Crippen LogP) is 5.39. The van der Waals surface area contributed by atoms with Gasteiger partial charge in [0.15, 0.2) is 0 Å². The van der Waals surface area contributed by atoms with Crippen molar-refractivity contribution in [3.63, 3.8) is 0 Å². The number of aryl methyl sites for hydroxylation is 1. The number of carbonyl (C=O) groups is 2. The number of hydrogen-bond donors (Lipinski definition) is 2. The zero-order valence-corrected chi connectivity index (χ0v) is 17.0. The van der Waals surface area contributed by atoms with E-state index < -0.39 is 11.9 Å². The van der Waals surface area contributed by atoms with Gasteiger partial charge in [0.05, 0.1) is 16.8 Å². The van der Waals surface area contributed by atoms with E-state index in [4.69, 9.17) is 0 Å². The van der Waals surface area contributed by atoms with Crippen LogP contribution in [0.5, 0.6) is 0 Å². The van der Waals surface area contributed by atoms with Crippen molar-refractivity contribution in [1.82, 2.24) is 4.57 Å². The van der Waals surface area contributed by atoms with Crippen molar-refractivity contribution in [2.45, 2.75) is 13.8 Å². The van der Waals surface area contributed by atoms with Crippen molar-refractivity contribution in [1.29, 1.82) is 0 Å². The van der Waals surface area contributed by atoms with E-state index in [0.717, 1.165) is 39.5 Å². The molecule has 1 aromatic heterocycles. The smallest absolute Gasteiger partial charge is 0.335 e. The molecular weight excluding hydrogens is 392 g/mol. The first kappa shape index (κ1) is 20.1. The van der Waals surface area contributed by atoms with Crippen molar-refractivity contribution in [3.05, 3.63) is 94.8 Å². The first-order valence-electron chi connectivity index (χ1n) is 9.68. The SMILES string of the molecule is Cc1cc(C=Nc2cccc3ccccc23)c(C)n1-c1cc(C(=O)O)cc(C(=O)O)c1. The summed E-state index contributed by atoms with van der Waals surface area (Å²) in [4.78, 5) is 27.6. The Bertz CT molecular complexity index is 1330. The number of rotatable bonds is 5. The predicted molar refractivity (Wildman–Crippen MR) is 120 cm³/mol. The molecule has 0 aliphatic carbocycles. The van der Waals surface area contributed by atoms with Crippen LogP contribution in [0.2, 0.25) is 0 Å². The van der Waals surface area contributed by atoms with Crippen molar-refractivity contribution >= 4 is 34.6 Å². The Balaban J connectivity index is 1.79. The van der Waals surface area contributed by atoms with Gasteiger partial charge in [0, 0.05) is 34.2 Å². The molecule has 0 saturated heterocycles. The van der Waals surface area contributed by atoms with Crippen LogP contribution in [0.15, 0.2) is 71.7 Å². The number of hydrogen-bond acceptors (Lipinski definition) is 3. The van der Waals surface area contributed by atoms with Crippen LogP contribution in [0.3, 0.4) is 0 Å². The number of nitrogens with zero attached hydrogens (tertiary/aromatic N) is 2. The summed E-state index contributed by atoms with van der Waals surface area (Å²) in [6.45, 7) is 3.78. The van der Waals surface area contributed by atoms with Gasteiger partial charge in [0.2, 0.25) is 0 Å². The van der Waals surface area contributed by atoms with Crippen LogP contribution in [0.4, 0.5) is 5.69 Å². The van der Waals surface area contributed by atoms with E-state index >= 15 is 0 Å². The highest BCUT2D eigenvalue weighted by Gasteiger charge is 2.16. The minimum Gasteiger partial charge on any atom is -0.478 e. The molecule has 0 aliphatic heterocycles. The highest BCUT2D eigenvalue weighted by Crippen LogP contribution is 2.27. The van der Waals surface area contributed by atoms with Gasteiger partial charge in [0.1, 0.15) is 0 Å². The highest BCUT2D eigenvalue weighted by molar-refractivity contribution is 5.96. The molecule has 4 rings (SSSR count). The average Bonchev–Trinajstić information content (AvgIpc) is 3.04. The standard InChI is InChI=1S/C25H20N2O4/c1-15-10-20(14-26-23-9-5-7-17-6-3-4-8-22(17)23)16(2)27(15)21-12-18(24(28)29)11-19(13-21)25(30)31/h3-14H,1-2H3,(H,28,29)(H,30,31). The summed E-state index contributed by atoms with van der Waals surface area (Å²) in [7, 11) is 0. The Labute approximate surface area is 178 Å². The number of aromatic nitrogens is 1. The maximum absolute atomic E-state index is 11.5. The molecule has 0 saturated carbocycles. The molecule has 0 radical (unpaired) electrons. The maximum atomic E-state index is 11.5. The van der Waals surface area contributed by atoms with Crippen LogP contribution < -0.4 is 0 Å². The minimum absolute atomic E-state index is 0.0756. The molecular formula is C25H20N2O4. The number of aromatic carboxylic acids is 2. The number of fused-ring (bicyclic) bond motifs is 1. The van der Waals surface area contributed by atoms with Gasteiger partial charge in [-0.05, 0) is 49.6 Å². The number of benzene rings is 3. The van der Waals surface area contributed by atoms with Gasteiger partial charge in [-0.3, -0.25) is 4.99 Å². The van der Waals surface area contributed by atoms with E-state index in [9.17, 15) is 19.8 Å². The lowest BCUT2D eigenvalue weighted by atomic mass is 10.1. The molecule has 6 heteroatoms. The van der Waals surface area contributed by atoms with Gasteiger partial charge in [-0.2, -0.15) is 0 Å². The third kappa shape index (κ3) is 3.83. The van der Waals surface area contributed by atoms with Gasteiger partial charge in [-0.15, -0.1) is 0 Å². The fourth-order valence-corrected chi connectivity index (χ4v) is 3.76.